The third-order valence-electron chi connectivity index (χ3n) is 5.34. The lowest BCUT2D eigenvalue weighted by atomic mass is 10.2. The Labute approximate surface area is 192 Å². The number of esters is 1. The van der Waals surface area contributed by atoms with Crippen molar-refractivity contribution < 1.29 is 18.8 Å². The zero-order valence-electron chi connectivity index (χ0n) is 18.0. The minimum Gasteiger partial charge on any atom is -0.461 e. The Hall–Kier alpha value is -3.79. The zero-order valence-corrected chi connectivity index (χ0v) is 18.8. The van der Waals surface area contributed by atoms with Gasteiger partial charge in [0.05, 0.1) is 17.7 Å². The molecule has 1 fully saturated rings. The number of carbonyl (C=O) groups excluding carboxylic acids is 2. The summed E-state index contributed by atoms with van der Waals surface area (Å²) in [6, 6.07) is 8.82. The lowest BCUT2D eigenvalue weighted by Gasteiger charge is -2.10. The predicted molar refractivity (Wildman–Crippen MR) is 122 cm³/mol. The number of rotatable bonds is 6. The third kappa shape index (κ3) is 3.93. The summed E-state index contributed by atoms with van der Waals surface area (Å²) in [6.07, 6.45) is 2.04. The van der Waals surface area contributed by atoms with E-state index in [4.69, 9.17) is 9.26 Å². The van der Waals surface area contributed by atoms with Gasteiger partial charge in [-0.2, -0.15) is 9.78 Å². The van der Waals surface area contributed by atoms with E-state index in [1.54, 1.807) is 36.6 Å². The minimum absolute atomic E-state index is 0.00200. The Bertz CT molecular complexity index is 1450. The summed E-state index contributed by atoms with van der Waals surface area (Å²) >= 11 is 1.13. The molecule has 33 heavy (non-hydrogen) atoms. The number of amides is 1. The first-order chi connectivity index (χ1) is 16.0. The molecular weight excluding hydrogens is 444 g/mol. The number of aromatic nitrogens is 3. The quantitative estimate of drug-likeness (QED) is 0.428. The molecule has 0 aliphatic heterocycles. The highest BCUT2D eigenvalue weighted by molar-refractivity contribution is 7.16. The number of benzene rings is 1. The van der Waals surface area contributed by atoms with Crippen LogP contribution in [0.2, 0.25) is 0 Å². The summed E-state index contributed by atoms with van der Waals surface area (Å²) in [5.74, 6) is -0.135. The van der Waals surface area contributed by atoms with E-state index >= 15 is 0 Å². The molecule has 0 spiro atoms. The number of fused-ring (bicyclic) bond motifs is 1. The maximum absolute atomic E-state index is 13.4. The van der Waals surface area contributed by atoms with Crippen molar-refractivity contribution in [3.05, 3.63) is 68.8 Å². The Morgan fingerprint density at radius 1 is 1.30 bits per heavy atom. The summed E-state index contributed by atoms with van der Waals surface area (Å²) < 4.78 is 11.6. The molecule has 1 N–H and O–H groups in total. The van der Waals surface area contributed by atoms with Gasteiger partial charge < -0.3 is 14.6 Å². The molecule has 3 aromatic heterocycles. The molecule has 1 amide bonds. The second-order valence-electron chi connectivity index (χ2n) is 7.82. The molecule has 1 aliphatic carbocycles. The summed E-state index contributed by atoms with van der Waals surface area (Å²) in [4.78, 5) is 38.9. The maximum Gasteiger partial charge on any atom is 0.359 e. The lowest BCUT2D eigenvalue weighted by Crippen LogP contribution is -2.25. The molecule has 168 valence electrons. The van der Waals surface area contributed by atoms with Crippen LogP contribution in [-0.4, -0.2) is 33.4 Å². The van der Waals surface area contributed by atoms with Crippen molar-refractivity contribution in [3.63, 3.8) is 0 Å². The van der Waals surface area contributed by atoms with Crippen LogP contribution in [0.4, 0.5) is 5.00 Å². The molecule has 0 radical (unpaired) electrons. The van der Waals surface area contributed by atoms with Crippen LogP contribution in [-0.2, 0) is 4.74 Å². The van der Waals surface area contributed by atoms with Gasteiger partial charge in [-0.05, 0) is 44.4 Å². The number of ether oxygens (including phenoxy) is 1. The second kappa shape index (κ2) is 8.28. The highest BCUT2D eigenvalue weighted by Crippen LogP contribution is 2.40. The Morgan fingerprint density at radius 2 is 2.12 bits per heavy atom. The van der Waals surface area contributed by atoms with E-state index in [0.29, 0.717) is 27.8 Å². The van der Waals surface area contributed by atoms with E-state index in [9.17, 15) is 14.4 Å². The second-order valence-corrected chi connectivity index (χ2v) is 8.70. The number of aryl methyl sites for hydroxylation is 1. The van der Waals surface area contributed by atoms with Crippen molar-refractivity contribution >= 4 is 39.0 Å². The third-order valence-corrected chi connectivity index (χ3v) is 6.23. The molecule has 0 atom stereocenters. The molecule has 4 aromatic rings. The lowest BCUT2D eigenvalue weighted by molar-refractivity contribution is 0.0520. The number of anilines is 1. The number of hydrogen-bond acceptors (Lipinski definition) is 8. The fourth-order valence-corrected chi connectivity index (χ4v) is 4.48. The van der Waals surface area contributed by atoms with Crippen LogP contribution in [0.15, 0.2) is 45.0 Å². The van der Waals surface area contributed by atoms with E-state index in [1.807, 2.05) is 13.0 Å². The Morgan fingerprint density at radius 3 is 2.85 bits per heavy atom. The van der Waals surface area contributed by atoms with Crippen LogP contribution in [0, 0.1) is 6.92 Å². The average molecular weight is 465 g/mol. The highest BCUT2D eigenvalue weighted by atomic mass is 32.1. The van der Waals surface area contributed by atoms with E-state index in [1.165, 1.54) is 0 Å². The molecule has 5 rings (SSSR count). The van der Waals surface area contributed by atoms with Gasteiger partial charge in [0, 0.05) is 22.8 Å². The first kappa shape index (κ1) is 21.1. The standard InChI is InChI=1S/C23H20N4O5S/c1-3-31-23(30)19-15-11-33-21(24-20(28)16-10-17(32-26-16)13-7-8-13)18(15)22(29)27(25-19)14-6-4-5-12(2)9-14/h4-6,9-11,13H,3,7-8H2,1-2H3,(H,24,28). The van der Waals surface area contributed by atoms with Crippen LogP contribution < -0.4 is 10.9 Å². The molecule has 1 saturated carbocycles. The summed E-state index contributed by atoms with van der Waals surface area (Å²) in [6.45, 7) is 3.75. The predicted octanol–water partition coefficient (Wildman–Crippen LogP) is 4.05. The molecule has 0 saturated heterocycles. The Balaban J connectivity index is 1.61. The van der Waals surface area contributed by atoms with Gasteiger partial charge in [-0.1, -0.05) is 17.3 Å². The molecule has 1 aliphatic rings. The number of nitrogens with one attached hydrogen (secondary N) is 1. The normalized spacial score (nSPS) is 13.3. The molecule has 9 nitrogen and oxygen atoms in total. The van der Waals surface area contributed by atoms with Gasteiger partial charge in [0.25, 0.3) is 11.5 Å². The molecule has 3 heterocycles. The number of carbonyl (C=O) groups is 2. The van der Waals surface area contributed by atoms with Crippen LogP contribution >= 0.6 is 11.3 Å². The van der Waals surface area contributed by atoms with Gasteiger partial charge in [-0.25, -0.2) is 4.79 Å². The van der Waals surface area contributed by atoms with E-state index in [2.05, 4.69) is 15.6 Å². The number of nitrogens with zero attached hydrogens (tertiary/aromatic N) is 3. The first-order valence-corrected chi connectivity index (χ1v) is 11.4. The molecular formula is C23H20N4O5S. The van der Waals surface area contributed by atoms with Crippen LogP contribution in [0.25, 0.3) is 16.5 Å². The highest BCUT2D eigenvalue weighted by Gasteiger charge is 2.29. The zero-order chi connectivity index (χ0) is 23.1. The first-order valence-electron chi connectivity index (χ1n) is 10.5. The van der Waals surface area contributed by atoms with E-state index < -0.39 is 17.4 Å². The molecule has 1 aromatic carbocycles. The van der Waals surface area contributed by atoms with Gasteiger partial charge >= 0.3 is 5.97 Å². The maximum atomic E-state index is 13.4. The smallest absolute Gasteiger partial charge is 0.359 e. The topological polar surface area (TPSA) is 116 Å². The van der Waals surface area contributed by atoms with Gasteiger partial charge in [0.2, 0.25) is 0 Å². The summed E-state index contributed by atoms with van der Waals surface area (Å²) in [5.41, 5.74) is 1.11. The average Bonchev–Trinajstić information content (AvgIpc) is 3.37. The fraction of sp³-hybridized carbons (Fsp3) is 0.261. The molecule has 0 unspecified atom stereocenters. The van der Waals surface area contributed by atoms with E-state index in [-0.39, 0.29) is 23.4 Å². The molecule has 0 bridgehead atoms. The van der Waals surface area contributed by atoms with Crippen LogP contribution in [0.5, 0.6) is 0 Å². The fourth-order valence-electron chi connectivity index (χ4n) is 3.55. The van der Waals surface area contributed by atoms with Crippen molar-refractivity contribution in [2.45, 2.75) is 32.6 Å². The molecule has 10 heteroatoms. The van der Waals surface area contributed by atoms with Crippen molar-refractivity contribution in [2.75, 3.05) is 11.9 Å². The number of thiophene rings is 1. The van der Waals surface area contributed by atoms with Gasteiger partial charge in [-0.3, -0.25) is 9.59 Å². The van der Waals surface area contributed by atoms with Crippen molar-refractivity contribution in [3.8, 4) is 5.69 Å². The Kier molecular flexibility index (Phi) is 5.29. The summed E-state index contributed by atoms with van der Waals surface area (Å²) in [7, 11) is 0. The van der Waals surface area contributed by atoms with Crippen LogP contribution in [0.3, 0.4) is 0 Å². The number of hydrogen-bond donors (Lipinski definition) is 1. The van der Waals surface area contributed by atoms with Gasteiger partial charge in [0.1, 0.15) is 10.8 Å². The summed E-state index contributed by atoms with van der Waals surface area (Å²) in [5, 5.41) is 13.3. The minimum atomic E-state index is -0.648. The van der Waals surface area contributed by atoms with Crippen molar-refractivity contribution in [1.82, 2.24) is 14.9 Å². The van der Waals surface area contributed by atoms with Crippen molar-refractivity contribution in [2.24, 2.45) is 0 Å². The van der Waals surface area contributed by atoms with Gasteiger partial charge in [-0.15, -0.1) is 11.3 Å². The largest absolute Gasteiger partial charge is 0.461 e. The van der Waals surface area contributed by atoms with E-state index in [0.717, 1.165) is 34.4 Å². The van der Waals surface area contributed by atoms with Crippen LogP contribution in [0.1, 0.15) is 58.0 Å². The monoisotopic (exact) mass is 464 g/mol. The van der Waals surface area contributed by atoms with Gasteiger partial charge in [0.15, 0.2) is 11.4 Å². The van der Waals surface area contributed by atoms with Crippen molar-refractivity contribution in [1.29, 1.82) is 0 Å². The SMILES string of the molecule is CCOC(=O)c1nn(-c2cccc(C)c2)c(=O)c2c(NC(=O)c3cc(C4CC4)on3)scc12.